The molecule has 4 unspecified atom stereocenters. The molecule has 27 heavy (non-hydrogen) atoms. The van der Waals surface area contributed by atoms with Crippen LogP contribution in [0.3, 0.4) is 0 Å². The van der Waals surface area contributed by atoms with E-state index >= 15 is 0 Å². The summed E-state index contributed by atoms with van der Waals surface area (Å²) in [5.74, 6) is -2.51. The Hall–Kier alpha value is -2.67. The SMILES string of the molecule is C=CC(=O)Oc1ccc(C(C)C(CO)CC2C(=O)OC(=O)C2C)cc1OC. The number of hydrogen-bond acceptors (Lipinski definition) is 7. The van der Waals surface area contributed by atoms with Crippen LogP contribution in [0, 0.1) is 17.8 Å². The van der Waals surface area contributed by atoms with Gasteiger partial charge < -0.3 is 19.3 Å². The zero-order valence-electron chi connectivity index (χ0n) is 15.6. The average molecular weight is 376 g/mol. The maximum Gasteiger partial charge on any atom is 0.335 e. The normalized spacial score (nSPS) is 21.3. The van der Waals surface area contributed by atoms with E-state index in [2.05, 4.69) is 11.3 Å². The number of esters is 3. The number of cyclic esters (lactones) is 2. The minimum Gasteiger partial charge on any atom is -0.493 e. The minimum atomic E-state index is -0.597. The van der Waals surface area contributed by atoms with Crippen LogP contribution in [0.2, 0.25) is 0 Å². The number of methoxy groups -OCH3 is 1. The van der Waals surface area contributed by atoms with Crippen LogP contribution in [0.5, 0.6) is 11.5 Å². The van der Waals surface area contributed by atoms with Crippen molar-refractivity contribution in [3.05, 3.63) is 36.4 Å². The molecule has 4 atom stereocenters. The van der Waals surface area contributed by atoms with Crippen molar-refractivity contribution in [2.45, 2.75) is 26.2 Å². The Bertz CT molecular complexity index is 740. The third kappa shape index (κ3) is 4.54. The summed E-state index contributed by atoms with van der Waals surface area (Å²) >= 11 is 0. The topological polar surface area (TPSA) is 99.1 Å². The maximum atomic E-state index is 11.9. The molecule has 0 aliphatic carbocycles. The van der Waals surface area contributed by atoms with Crippen LogP contribution < -0.4 is 9.47 Å². The molecule has 0 amide bonds. The lowest BCUT2D eigenvalue weighted by molar-refractivity contribution is -0.153. The third-order valence-electron chi connectivity index (χ3n) is 5.07. The second kappa shape index (κ2) is 8.81. The Kier molecular flexibility index (Phi) is 6.74. The number of aliphatic hydroxyl groups is 1. The Morgan fingerprint density at radius 1 is 1.33 bits per heavy atom. The number of benzene rings is 1. The van der Waals surface area contributed by atoms with Crippen LogP contribution in [0.25, 0.3) is 0 Å². The van der Waals surface area contributed by atoms with E-state index in [1.165, 1.54) is 7.11 Å². The predicted molar refractivity (Wildman–Crippen MR) is 96.2 cm³/mol. The van der Waals surface area contributed by atoms with E-state index in [9.17, 15) is 19.5 Å². The molecule has 1 aromatic carbocycles. The number of carbonyl (C=O) groups is 3. The zero-order valence-corrected chi connectivity index (χ0v) is 15.6. The predicted octanol–water partition coefficient (Wildman–Crippen LogP) is 2.22. The van der Waals surface area contributed by atoms with Gasteiger partial charge in [0, 0.05) is 12.7 Å². The van der Waals surface area contributed by atoms with Crippen LogP contribution in [-0.2, 0) is 19.1 Å². The molecule has 7 nitrogen and oxygen atoms in total. The maximum absolute atomic E-state index is 11.9. The molecule has 1 saturated heterocycles. The molecule has 0 bridgehead atoms. The minimum absolute atomic E-state index is 0.135. The summed E-state index contributed by atoms with van der Waals surface area (Å²) in [5.41, 5.74) is 0.842. The molecule has 0 radical (unpaired) electrons. The number of carbonyl (C=O) groups excluding carboxylic acids is 3. The fraction of sp³-hybridized carbons (Fsp3) is 0.450. The van der Waals surface area contributed by atoms with Gasteiger partial charge in [-0.15, -0.1) is 0 Å². The monoisotopic (exact) mass is 376 g/mol. The molecule has 1 N–H and O–H groups in total. The van der Waals surface area contributed by atoms with Gasteiger partial charge in [-0.2, -0.15) is 0 Å². The van der Waals surface area contributed by atoms with Gasteiger partial charge in [-0.25, -0.2) is 4.79 Å². The van der Waals surface area contributed by atoms with Gasteiger partial charge in [0.2, 0.25) is 0 Å². The Morgan fingerprint density at radius 2 is 2.04 bits per heavy atom. The fourth-order valence-electron chi connectivity index (χ4n) is 3.17. The van der Waals surface area contributed by atoms with Gasteiger partial charge in [0.1, 0.15) is 0 Å². The van der Waals surface area contributed by atoms with Crippen molar-refractivity contribution in [2.75, 3.05) is 13.7 Å². The van der Waals surface area contributed by atoms with Crippen LogP contribution in [-0.4, -0.2) is 36.7 Å². The first kappa shape index (κ1) is 20.6. The van der Waals surface area contributed by atoms with E-state index in [4.69, 9.17) is 9.47 Å². The molecule has 0 spiro atoms. The van der Waals surface area contributed by atoms with E-state index in [1.54, 1.807) is 25.1 Å². The van der Waals surface area contributed by atoms with Crippen LogP contribution in [0.15, 0.2) is 30.9 Å². The zero-order chi connectivity index (χ0) is 20.1. The Balaban J connectivity index is 2.20. The lowest BCUT2D eigenvalue weighted by atomic mass is 9.79. The van der Waals surface area contributed by atoms with Gasteiger partial charge in [0.15, 0.2) is 11.5 Å². The van der Waals surface area contributed by atoms with Gasteiger partial charge in [-0.3, -0.25) is 9.59 Å². The van der Waals surface area contributed by atoms with Crippen molar-refractivity contribution in [1.82, 2.24) is 0 Å². The highest BCUT2D eigenvalue weighted by atomic mass is 16.6. The number of hydrogen-bond donors (Lipinski definition) is 1. The first-order valence-electron chi connectivity index (χ1n) is 8.70. The highest BCUT2D eigenvalue weighted by Crippen LogP contribution is 2.38. The Labute approximate surface area is 157 Å². The van der Waals surface area contributed by atoms with Gasteiger partial charge >= 0.3 is 17.9 Å². The fourth-order valence-corrected chi connectivity index (χ4v) is 3.17. The summed E-state index contributed by atoms with van der Waals surface area (Å²) in [4.78, 5) is 34.9. The van der Waals surface area contributed by atoms with E-state index in [0.717, 1.165) is 11.6 Å². The van der Waals surface area contributed by atoms with Crippen molar-refractivity contribution in [2.24, 2.45) is 17.8 Å². The molecule has 2 rings (SSSR count). The van der Waals surface area contributed by atoms with Crippen LogP contribution in [0.1, 0.15) is 31.7 Å². The van der Waals surface area contributed by atoms with E-state index < -0.39 is 29.7 Å². The van der Waals surface area contributed by atoms with Crippen LogP contribution in [0.4, 0.5) is 0 Å². The summed E-state index contributed by atoms with van der Waals surface area (Å²) < 4.78 is 15.1. The summed E-state index contributed by atoms with van der Waals surface area (Å²) in [7, 11) is 1.46. The quantitative estimate of drug-likeness (QED) is 0.321. The molecule has 1 aliphatic rings. The molecule has 1 heterocycles. The molecule has 7 heteroatoms. The highest BCUT2D eigenvalue weighted by Gasteiger charge is 2.42. The summed E-state index contributed by atoms with van der Waals surface area (Å²) in [6.07, 6.45) is 1.39. The molecule has 0 aromatic heterocycles. The molecule has 146 valence electrons. The highest BCUT2D eigenvalue weighted by molar-refractivity contribution is 5.96. The van der Waals surface area contributed by atoms with E-state index in [0.29, 0.717) is 12.2 Å². The van der Waals surface area contributed by atoms with Gasteiger partial charge in [-0.1, -0.05) is 26.5 Å². The second-order valence-electron chi connectivity index (χ2n) is 6.64. The molecular weight excluding hydrogens is 352 g/mol. The first-order valence-corrected chi connectivity index (χ1v) is 8.70. The molecule has 1 fully saturated rings. The lowest BCUT2D eigenvalue weighted by Crippen LogP contribution is -2.24. The Morgan fingerprint density at radius 3 is 2.56 bits per heavy atom. The molecular formula is C20H24O7. The average Bonchev–Trinajstić information content (AvgIpc) is 2.91. The number of ether oxygens (including phenoxy) is 3. The number of aliphatic hydroxyl groups excluding tert-OH is 1. The van der Waals surface area contributed by atoms with Crippen molar-refractivity contribution < 1.29 is 33.7 Å². The largest absolute Gasteiger partial charge is 0.493 e. The summed E-state index contributed by atoms with van der Waals surface area (Å²) in [5, 5.41) is 9.84. The molecule has 1 aliphatic heterocycles. The second-order valence-corrected chi connectivity index (χ2v) is 6.64. The van der Waals surface area contributed by atoms with E-state index in [1.807, 2.05) is 6.92 Å². The van der Waals surface area contributed by atoms with Gasteiger partial charge in [0.25, 0.3) is 0 Å². The van der Waals surface area contributed by atoms with E-state index in [-0.39, 0.29) is 24.2 Å². The van der Waals surface area contributed by atoms with Gasteiger partial charge in [0.05, 0.1) is 18.9 Å². The van der Waals surface area contributed by atoms with Crippen molar-refractivity contribution in [3.63, 3.8) is 0 Å². The number of rotatable bonds is 8. The van der Waals surface area contributed by atoms with Gasteiger partial charge in [-0.05, 0) is 36.0 Å². The smallest absolute Gasteiger partial charge is 0.335 e. The van der Waals surface area contributed by atoms with Crippen molar-refractivity contribution >= 4 is 17.9 Å². The summed E-state index contributed by atoms with van der Waals surface area (Å²) in [6, 6.07) is 5.10. The van der Waals surface area contributed by atoms with Crippen molar-refractivity contribution in [3.8, 4) is 11.5 Å². The molecule has 1 aromatic rings. The lowest BCUT2D eigenvalue weighted by Gasteiger charge is -2.25. The third-order valence-corrected chi connectivity index (χ3v) is 5.07. The molecule has 0 saturated carbocycles. The van der Waals surface area contributed by atoms with Crippen molar-refractivity contribution in [1.29, 1.82) is 0 Å². The standard InChI is InChI=1S/C20H24O7/c1-5-18(22)26-16-7-6-13(9-17(16)25-4)11(2)14(10-21)8-15-12(3)19(23)27-20(15)24/h5-7,9,11-12,14-15,21H,1,8,10H2,2-4H3. The summed E-state index contributed by atoms with van der Waals surface area (Å²) in [6.45, 7) is 6.77. The van der Waals surface area contributed by atoms with Crippen LogP contribution >= 0.6 is 0 Å². The first-order chi connectivity index (χ1) is 12.8.